The summed E-state index contributed by atoms with van der Waals surface area (Å²) in [7, 11) is 0. The van der Waals surface area contributed by atoms with Gasteiger partial charge in [0.2, 0.25) is 0 Å². The zero-order valence-electron chi connectivity index (χ0n) is 8.76. The Kier molecular flexibility index (Phi) is 5.14. The molecular formula is C10H20FN. The molecule has 0 aromatic heterocycles. The fourth-order valence-corrected chi connectivity index (χ4v) is 1.23. The fourth-order valence-electron chi connectivity index (χ4n) is 1.23. The Morgan fingerprint density at radius 1 is 1.25 bits per heavy atom. The Labute approximate surface area is 75.3 Å². The maximum Gasteiger partial charge on any atom is 0.110 e. The number of nitrogens with zero attached hydrogens (tertiary/aromatic N) is 1. The van der Waals surface area contributed by atoms with Crippen LogP contribution in [0.25, 0.3) is 0 Å². The second kappa shape index (κ2) is 5.31. The molecule has 0 saturated heterocycles. The number of halogens is 1. The maximum absolute atomic E-state index is 12.9. The highest BCUT2D eigenvalue weighted by molar-refractivity contribution is 4.93. The van der Waals surface area contributed by atoms with Crippen molar-refractivity contribution in [2.24, 2.45) is 0 Å². The van der Waals surface area contributed by atoms with Crippen LogP contribution in [0.2, 0.25) is 0 Å². The van der Waals surface area contributed by atoms with E-state index >= 15 is 0 Å². The lowest BCUT2D eigenvalue weighted by Crippen LogP contribution is -2.37. The minimum absolute atomic E-state index is 0.0441. The lowest BCUT2D eigenvalue weighted by molar-refractivity contribution is 0.180. The SMILES string of the molecule is C/C=C(\F)CN(C(C)C)C(C)C. The van der Waals surface area contributed by atoms with E-state index in [1.54, 1.807) is 6.92 Å². The van der Waals surface area contributed by atoms with Gasteiger partial charge in [0, 0.05) is 12.1 Å². The molecule has 0 bridgehead atoms. The summed E-state index contributed by atoms with van der Waals surface area (Å²) < 4.78 is 12.9. The first-order chi connectivity index (χ1) is 5.49. The monoisotopic (exact) mass is 173 g/mol. The number of rotatable bonds is 4. The highest BCUT2D eigenvalue weighted by atomic mass is 19.1. The summed E-state index contributed by atoms with van der Waals surface area (Å²) in [4.78, 5) is 2.12. The lowest BCUT2D eigenvalue weighted by Gasteiger charge is -2.29. The van der Waals surface area contributed by atoms with E-state index in [0.717, 1.165) is 0 Å². The van der Waals surface area contributed by atoms with Crippen LogP contribution in [-0.2, 0) is 0 Å². The minimum Gasteiger partial charge on any atom is -0.292 e. The van der Waals surface area contributed by atoms with Gasteiger partial charge in [-0.15, -0.1) is 0 Å². The van der Waals surface area contributed by atoms with Crippen molar-refractivity contribution in [3.63, 3.8) is 0 Å². The summed E-state index contributed by atoms with van der Waals surface area (Å²) in [6, 6.07) is 0.798. The summed E-state index contributed by atoms with van der Waals surface area (Å²) in [6.07, 6.45) is 1.53. The van der Waals surface area contributed by atoms with Gasteiger partial charge in [-0.1, -0.05) is 6.08 Å². The van der Waals surface area contributed by atoms with Crippen molar-refractivity contribution in [2.75, 3.05) is 6.54 Å². The fraction of sp³-hybridized carbons (Fsp3) is 0.800. The molecule has 0 rings (SSSR count). The molecule has 72 valence electrons. The molecule has 12 heavy (non-hydrogen) atoms. The van der Waals surface area contributed by atoms with E-state index in [1.807, 2.05) is 0 Å². The van der Waals surface area contributed by atoms with Crippen LogP contribution in [0.1, 0.15) is 34.6 Å². The molecule has 0 aromatic carbocycles. The van der Waals surface area contributed by atoms with Crippen molar-refractivity contribution in [3.05, 3.63) is 11.9 Å². The summed E-state index contributed by atoms with van der Waals surface area (Å²) in [6.45, 7) is 10.5. The standard InChI is InChI=1S/C10H20FN/c1-6-10(11)7-12(8(2)3)9(4)5/h6,8-9H,7H2,1-5H3/b10-6-. The van der Waals surface area contributed by atoms with Crippen LogP contribution in [-0.4, -0.2) is 23.5 Å². The Balaban J connectivity index is 4.14. The third-order valence-corrected chi connectivity index (χ3v) is 1.97. The predicted molar refractivity (Wildman–Crippen MR) is 51.8 cm³/mol. The third-order valence-electron chi connectivity index (χ3n) is 1.97. The molecule has 0 aliphatic heterocycles. The number of hydrogen-bond acceptors (Lipinski definition) is 1. The van der Waals surface area contributed by atoms with Crippen molar-refractivity contribution in [2.45, 2.75) is 46.7 Å². The van der Waals surface area contributed by atoms with E-state index in [2.05, 4.69) is 32.6 Å². The molecule has 2 heteroatoms. The Bertz CT molecular complexity index is 142. The summed E-state index contributed by atoms with van der Waals surface area (Å²) in [5, 5.41) is 0. The molecule has 0 fully saturated rings. The van der Waals surface area contributed by atoms with Crippen LogP contribution in [0.3, 0.4) is 0 Å². The molecule has 0 aliphatic rings. The smallest absolute Gasteiger partial charge is 0.110 e. The molecule has 0 atom stereocenters. The van der Waals surface area contributed by atoms with Crippen molar-refractivity contribution in [1.82, 2.24) is 4.90 Å². The molecule has 0 N–H and O–H groups in total. The maximum atomic E-state index is 12.9. The van der Waals surface area contributed by atoms with Crippen molar-refractivity contribution >= 4 is 0 Å². The predicted octanol–water partition coefficient (Wildman–Crippen LogP) is 2.98. The first-order valence-electron chi connectivity index (χ1n) is 4.55. The van der Waals surface area contributed by atoms with Crippen LogP contribution in [0.15, 0.2) is 11.9 Å². The topological polar surface area (TPSA) is 3.24 Å². The highest BCUT2D eigenvalue weighted by Crippen LogP contribution is 2.09. The second-order valence-corrected chi connectivity index (χ2v) is 3.60. The largest absolute Gasteiger partial charge is 0.292 e. The van der Waals surface area contributed by atoms with E-state index in [-0.39, 0.29) is 5.83 Å². The van der Waals surface area contributed by atoms with Crippen LogP contribution in [0.5, 0.6) is 0 Å². The van der Waals surface area contributed by atoms with E-state index in [4.69, 9.17) is 0 Å². The van der Waals surface area contributed by atoms with Gasteiger partial charge >= 0.3 is 0 Å². The molecule has 0 amide bonds. The average Bonchev–Trinajstić information content (AvgIpc) is 1.98. The zero-order valence-corrected chi connectivity index (χ0v) is 8.76. The zero-order chi connectivity index (χ0) is 9.72. The summed E-state index contributed by atoms with van der Waals surface area (Å²) >= 11 is 0. The summed E-state index contributed by atoms with van der Waals surface area (Å²) in [5.41, 5.74) is 0. The first-order valence-corrected chi connectivity index (χ1v) is 4.55. The number of hydrogen-bond donors (Lipinski definition) is 0. The van der Waals surface area contributed by atoms with Gasteiger partial charge in [-0.3, -0.25) is 4.90 Å². The molecule has 0 aliphatic carbocycles. The van der Waals surface area contributed by atoms with Gasteiger partial charge in [0.1, 0.15) is 5.83 Å². The van der Waals surface area contributed by atoms with Crippen molar-refractivity contribution in [3.8, 4) is 0 Å². The van der Waals surface area contributed by atoms with Crippen LogP contribution in [0, 0.1) is 0 Å². The Morgan fingerprint density at radius 3 is 1.92 bits per heavy atom. The van der Waals surface area contributed by atoms with Crippen LogP contribution in [0.4, 0.5) is 4.39 Å². The first kappa shape index (κ1) is 11.6. The molecule has 0 radical (unpaired) electrons. The highest BCUT2D eigenvalue weighted by Gasteiger charge is 2.14. The molecule has 0 heterocycles. The van der Waals surface area contributed by atoms with E-state index in [1.165, 1.54) is 6.08 Å². The van der Waals surface area contributed by atoms with E-state index < -0.39 is 0 Å². The normalized spacial score (nSPS) is 13.6. The second-order valence-electron chi connectivity index (χ2n) is 3.60. The van der Waals surface area contributed by atoms with Crippen LogP contribution < -0.4 is 0 Å². The van der Waals surface area contributed by atoms with Gasteiger partial charge in [-0.25, -0.2) is 4.39 Å². The minimum atomic E-state index is -0.0441. The molecule has 0 saturated carbocycles. The van der Waals surface area contributed by atoms with Gasteiger partial charge < -0.3 is 0 Å². The molecule has 0 unspecified atom stereocenters. The molecular weight excluding hydrogens is 153 g/mol. The van der Waals surface area contributed by atoms with E-state index in [9.17, 15) is 4.39 Å². The molecule has 0 spiro atoms. The van der Waals surface area contributed by atoms with Crippen molar-refractivity contribution in [1.29, 1.82) is 0 Å². The summed E-state index contributed by atoms with van der Waals surface area (Å²) in [5.74, 6) is -0.0441. The Hall–Kier alpha value is -0.370. The Morgan fingerprint density at radius 2 is 1.67 bits per heavy atom. The van der Waals surface area contributed by atoms with Gasteiger partial charge in [0.15, 0.2) is 0 Å². The van der Waals surface area contributed by atoms with Crippen LogP contribution >= 0.6 is 0 Å². The van der Waals surface area contributed by atoms with Gasteiger partial charge in [-0.05, 0) is 34.6 Å². The van der Waals surface area contributed by atoms with E-state index in [0.29, 0.717) is 18.6 Å². The average molecular weight is 173 g/mol. The molecule has 0 aromatic rings. The van der Waals surface area contributed by atoms with Gasteiger partial charge in [0.25, 0.3) is 0 Å². The van der Waals surface area contributed by atoms with Gasteiger partial charge in [-0.2, -0.15) is 0 Å². The number of allylic oxidation sites excluding steroid dienone is 1. The van der Waals surface area contributed by atoms with Crippen molar-refractivity contribution < 1.29 is 4.39 Å². The van der Waals surface area contributed by atoms with Gasteiger partial charge in [0.05, 0.1) is 6.54 Å². The quantitative estimate of drug-likeness (QED) is 0.631. The molecule has 1 nitrogen and oxygen atoms in total. The third kappa shape index (κ3) is 3.86. The lowest BCUT2D eigenvalue weighted by atomic mass is 10.2.